The Morgan fingerprint density at radius 2 is 0.567 bits per heavy atom. The summed E-state index contributed by atoms with van der Waals surface area (Å²) < 4.78 is 16.9. The highest BCUT2D eigenvalue weighted by Crippen LogP contribution is 2.17. The van der Waals surface area contributed by atoms with Crippen LogP contribution in [-0.2, 0) is 28.6 Å². The van der Waals surface area contributed by atoms with Crippen LogP contribution in [0.15, 0.2) is 60.8 Å². The van der Waals surface area contributed by atoms with E-state index in [2.05, 4.69) is 57.2 Å². The van der Waals surface area contributed by atoms with Crippen LogP contribution in [0.25, 0.3) is 0 Å². The Hall–Kier alpha value is -2.89. The van der Waals surface area contributed by atoms with Crippen LogP contribution < -0.4 is 0 Å². The zero-order chi connectivity index (χ0) is 48.6. The summed E-state index contributed by atoms with van der Waals surface area (Å²) in [6.07, 6.45) is 69.1. The lowest BCUT2D eigenvalue weighted by Gasteiger charge is -2.18. The number of ether oxygens (including phenoxy) is 3. The Labute approximate surface area is 415 Å². The first-order chi connectivity index (χ1) is 33.0. The fourth-order valence-electron chi connectivity index (χ4n) is 8.30. The Morgan fingerprint density at radius 1 is 0.299 bits per heavy atom. The van der Waals surface area contributed by atoms with E-state index < -0.39 is 6.10 Å². The van der Waals surface area contributed by atoms with E-state index in [4.69, 9.17) is 14.2 Å². The van der Waals surface area contributed by atoms with Gasteiger partial charge in [0.1, 0.15) is 13.2 Å². The van der Waals surface area contributed by atoms with Gasteiger partial charge in [-0.25, -0.2) is 0 Å². The molecule has 0 saturated heterocycles. The van der Waals surface area contributed by atoms with Gasteiger partial charge in [0.2, 0.25) is 0 Å². The molecule has 0 N–H and O–H groups in total. The van der Waals surface area contributed by atoms with E-state index in [1.54, 1.807) is 0 Å². The molecule has 0 radical (unpaired) electrons. The average molecular weight is 938 g/mol. The molecule has 0 heterocycles. The standard InChI is InChI=1S/C61H108O6/c1-4-7-10-13-16-19-22-25-28-30-31-34-36-39-42-45-48-51-54-60(63)66-57-58(56-65-59(62)53-50-47-44-41-38-35-32-27-24-21-18-15-12-9-6-3)67-61(64)55-52-49-46-43-40-37-33-29-26-23-20-17-14-11-8-5-2/h10,13,16,19,22,25,28,30-31,34,58H,4-9,11-12,14-15,17-18,20-21,23-24,26-27,29,32-33,35-57H2,1-3H3/b13-10-,19-16-,25-22-,30-28-,34-31-. The Morgan fingerprint density at radius 3 is 0.896 bits per heavy atom. The third kappa shape index (κ3) is 53.9. The third-order valence-electron chi connectivity index (χ3n) is 12.6. The van der Waals surface area contributed by atoms with Gasteiger partial charge in [0.25, 0.3) is 0 Å². The molecule has 0 aromatic heterocycles. The van der Waals surface area contributed by atoms with E-state index in [-0.39, 0.29) is 31.1 Å². The van der Waals surface area contributed by atoms with Crippen LogP contribution in [0.4, 0.5) is 0 Å². The lowest BCUT2D eigenvalue weighted by molar-refractivity contribution is -0.167. The number of unbranched alkanes of at least 4 members (excludes halogenated alkanes) is 35. The summed E-state index contributed by atoms with van der Waals surface area (Å²) in [5, 5.41) is 0. The monoisotopic (exact) mass is 937 g/mol. The molecular weight excluding hydrogens is 829 g/mol. The first kappa shape index (κ1) is 64.1. The van der Waals surface area contributed by atoms with Gasteiger partial charge in [-0.2, -0.15) is 0 Å². The van der Waals surface area contributed by atoms with Gasteiger partial charge in [0.15, 0.2) is 6.10 Å². The van der Waals surface area contributed by atoms with Crippen LogP contribution in [0, 0.1) is 0 Å². The second-order valence-corrected chi connectivity index (χ2v) is 19.3. The van der Waals surface area contributed by atoms with E-state index in [1.165, 1.54) is 167 Å². The van der Waals surface area contributed by atoms with Crippen molar-refractivity contribution in [3.05, 3.63) is 60.8 Å². The highest BCUT2D eigenvalue weighted by atomic mass is 16.6. The van der Waals surface area contributed by atoms with Crippen molar-refractivity contribution in [2.24, 2.45) is 0 Å². The number of rotatable bonds is 52. The summed E-state index contributed by atoms with van der Waals surface area (Å²) in [5.41, 5.74) is 0. The predicted molar refractivity (Wildman–Crippen MR) is 288 cm³/mol. The topological polar surface area (TPSA) is 78.9 Å². The molecule has 0 rings (SSSR count). The van der Waals surface area contributed by atoms with Gasteiger partial charge < -0.3 is 14.2 Å². The minimum Gasteiger partial charge on any atom is -0.462 e. The van der Waals surface area contributed by atoms with E-state index in [0.717, 1.165) is 83.5 Å². The summed E-state index contributed by atoms with van der Waals surface area (Å²) in [5.74, 6) is -0.889. The summed E-state index contributed by atoms with van der Waals surface area (Å²) in [6.45, 7) is 6.57. The van der Waals surface area contributed by atoms with Gasteiger partial charge in [0, 0.05) is 19.3 Å². The van der Waals surface area contributed by atoms with E-state index >= 15 is 0 Å². The molecule has 0 aromatic carbocycles. The number of hydrogen-bond donors (Lipinski definition) is 0. The van der Waals surface area contributed by atoms with E-state index in [1.807, 2.05) is 24.3 Å². The van der Waals surface area contributed by atoms with Crippen LogP contribution in [0.3, 0.4) is 0 Å². The number of allylic oxidation sites excluding steroid dienone is 10. The number of hydrogen-bond acceptors (Lipinski definition) is 6. The van der Waals surface area contributed by atoms with Gasteiger partial charge in [-0.1, -0.05) is 293 Å². The molecule has 0 aliphatic carbocycles. The fourth-order valence-corrected chi connectivity index (χ4v) is 8.30. The molecule has 0 bridgehead atoms. The molecule has 0 saturated carbocycles. The first-order valence-corrected chi connectivity index (χ1v) is 28.9. The lowest BCUT2D eigenvalue weighted by atomic mass is 10.0. The van der Waals surface area contributed by atoms with Crippen molar-refractivity contribution in [2.45, 2.75) is 297 Å². The maximum absolute atomic E-state index is 12.9. The van der Waals surface area contributed by atoms with Crippen LogP contribution in [0.1, 0.15) is 290 Å². The minimum atomic E-state index is -0.781. The quantitative estimate of drug-likeness (QED) is 0.0262. The largest absolute Gasteiger partial charge is 0.462 e. The summed E-state index contributed by atoms with van der Waals surface area (Å²) >= 11 is 0. The van der Waals surface area contributed by atoms with Crippen molar-refractivity contribution in [2.75, 3.05) is 13.2 Å². The number of carbonyl (C=O) groups excluding carboxylic acids is 3. The molecule has 6 heteroatoms. The first-order valence-electron chi connectivity index (χ1n) is 28.9. The Balaban J connectivity index is 4.40. The fraction of sp³-hybridized carbons (Fsp3) is 0.787. The van der Waals surface area contributed by atoms with Crippen molar-refractivity contribution < 1.29 is 28.6 Å². The summed E-state index contributed by atoms with van der Waals surface area (Å²) in [7, 11) is 0. The SMILES string of the molecule is CCC\C=C/C=C\C=C/C=C\C=C/CCCCCCCC(=O)OCC(COC(=O)CCCCCCCCCCCCCCCCC)OC(=O)CCCCCCCCCCCCCCCCCC. The van der Waals surface area contributed by atoms with Crippen LogP contribution >= 0.6 is 0 Å². The number of carbonyl (C=O) groups is 3. The van der Waals surface area contributed by atoms with Crippen molar-refractivity contribution in [3.8, 4) is 0 Å². The normalized spacial score (nSPS) is 12.5. The molecule has 0 aliphatic heterocycles. The second kappa shape index (κ2) is 55.7. The van der Waals surface area contributed by atoms with Gasteiger partial charge in [0.05, 0.1) is 0 Å². The molecule has 0 spiro atoms. The molecule has 0 fully saturated rings. The Bertz CT molecular complexity index is 1210. The van der Waals surface area contributed by atoms with Crippen molar-refractivity contribution in [1.29, 1.82) is 0 Å². The maximum Gasteiger partial charge on any atom is 0.306 e. The average Bonchev–Trinajstić information content (AvgIpc) is 3.33. The molecule has 0 amide bonds. The minimum absolute atomic E-state index is 0.0785. The van der Waals surface area contributed by atoms with Crippen molar-refractivity contribution in [3.63, 3.8) is 0 Å². The molecule has 388 valence electrons. The van der Waals surface area contributed by atoms with Gasteiger partial charge >= 0.3 is 17.9 Å². The molecule has 0 aliphatic rings. The van der Waals surface area contributed by atoms with Crippen LogP contribution in [-0.4, -0.2) is 37.2 Å². The van der Waals surface area contributed by atoms with E-state index in [9.17, 15) is 14.4 Å². The summed E-state index contributed by atoms with van der Waals surface area (Å²) in [4.78, 5) is 38.2. The Kier molecular flexibility index (Phi) is 53.3. The molecule has 0 aromatic rings. The molecular formula is C61H108O6. The van der Waals surface area contributed by atoms with Crippen molar-refractivity contribution in [1.82, 2.24) is 0 Å². The third-order valence-corrected chi connectivity index (χ3v) is 12.6. The maximum atomic E-state index is 12.9. The van der Waals surface area contributed by atoms with Crippen LogP contribution in [0.5, 0.6) is 0 Å². The highest BCUT2D eigenvalue weighted by Gasteiger charge is 2.19. The zero-order valence-electron chi connectivity index (χ0n) is 44.4. The van der Waals surface area contributed by atoms with Crippen LogP contribution in [0.2, 0.25) is 0 Å². The van der Waals surface area contributed by atoms with Gasteiger partial charge in [-0.3, -0.25) is 14.4 Å². The predicted octanol–water partition coefficient (Wildman–Crippen LogP) is 19.2. The molecule has 67 heavy (non-hydrogen) atoms. The van der Waals surface area contributed by atoms with Crippen molar-refractivity contribution >= 4 is 17.9 Å². The molecule has 1 atom stereocenters. The summed E-state index contributed by atoms with van der Waals surface area (Å²) in [6, 6.07) is 0. The van der Waals surface area contributed by atoms with Gasteiger partial charge in [-0.15, -0.1) is 0 Å². The smallest absolute Gasteiger partial charge is 0.306 e. The molecule has 6 nitrogen and oxygen atoms in total. The highest BCUT2D eigenvalue weighted by molar-refractivity contribution is 5.71. The van der Waals surface area contributed by atoms with E-state index in [0.29, 0.717) is 19.3 Å². The second-order valence-electron chi connectivity index (χ2n) is 19.3. The lowest BCUT2D eigenvalue weighted by Crippen LogP contribution is -2.30. The molecule has 1 unspecified atom stereocenters. The number of esters is 3. The van der Waals surface area contributed by atoms with Gasteiger partial charge in [-0.05, 0) is 38.5 Å². The zero-order valence-corrected chi connectivity index (χ0v) is 44.4.